The van der Waals surface area contributed by atoms with Gasteiger partial charge in [0.2, 0.25) is 5.91 Å². The van der Waals surface area contributed by atoms with Crippen LogP contribution in [0.25, 0.3) is 0 Å². The minimum atomic E-state index is -0.831. The van der Waals surface area contributed by atoms with E-state index in [0.717, 1.165) is 31.4 Å². The van der Waals surface area contributed by atoms with Crippen LogP contribution in [0.5, 0.6) is 0 Å². The molecule has 0 bridgehead atoms. The highest BCUT2D eigenvalue weighted by Gasteiger charge is 2.34. The van der Waals surface area contributed by atoms with Gasteiger partial charge in [-0.05, 0) is 43.4 Å². The van der Waals surface area contributed by atoms with Crippen molar-refractivity contribution in [1.82, 2.24) is 19.9 Å². The van der Waals surface area contributed by atoms with Gasteiger partial charge in [-0.15, -0.1) is 5.10 Å². The number of aromatic nitrogens is 3. The van der Waals surface area contributed by atoms with Crippen LogP contribution in [0.3, 0.4) is 0 Å². The molecule has 7 heteroatoms. The van der Waals surface area contributed by atoms with Crippen molar-refractivity contribution in [2.45, 2.75) is 50.3 Å². The maximum absolute atomic E-state index is 13.0. The largest absolute Gasteiger partial charge is 0.387 e. The van der Waals surface area contributed by atoms with Crippen LogP contribution < -0.4 is 0 Å². The SMILES string of the molecule is O=C(Cn1cc(C2CC2)nn1)N(CC(O)c1ccc(F)cc1)C1CC1. The number of halogens is 1. The zero-order valence-corrected chi connectivity index (χ0v) is 13.9. The number of aliphatic hydroxyl groups is 1. The van der Waals surface area contributed by atoms with E-state index in [1.807, 2.05) is 6.20 Å². The van der Waals surface area contributed by atoms with E-state index in [1.165, 1.54) is 12.1 Å². The zero-order valence-electron chi connectivity index (χ0n) is 13.9. The Morgan fingerprint density at radius 3 is 2.64 bits per heavy atom. The van der Waals surface area contributed by atoms with Crippen LogP contribution >= 0.6 is 0 Å². The fourth-order valence-electron chi connectivity index (χ4n) is 3.00. The van der Waals surface area contributed by atoms with Gasteiger partial charge in [0.1, 0.15) is 12.4 Å². The van der Waals surface area contributed by atoms with Crippen LogP contribution in [0.4, 0.5) is 4.39 Å². The highest BCUT2D eigenvalue weighted by molar-refractivity contribution is 5.76. The Hall–Kier alpha value is -2.28. The zero-order chi connectivity index (χ0) is 17.4. The normalized spacial score (nSPS) is 18.2. The van der Waals surface area contributed by atoms with Crippen molar-refractivity contribution in [1.29, 1.82) is 0 Å². The van der Waals surface area contributed by atoms with Crippen LogP contribution in [0, 0.1) is 5.82 Å². The number of carbonyl (C=O) groups is 1. The molecule has 0 aliphatic heterocycles. The van der Waals surface area contributed by atoms with Crippen molar-refractivity contribution in [3.8, 4) is 0 Å². The standard InChI is InChI=1S/C18H21FN4O2/c19-14-5-3-13(4-6-14)17(24)10-23(15-7-8-15)18(25)11-22-9-16(20-21-22)12-1-2-12/h3-6,9,12,15,17,24H,1-2,7-8,10-11H2. The summed E-state index contributed by atoms with van der Waals surface area (Å²) in [4.78, 5) is 14.4. The fraction of sp³-hybridized carbons (Fsp3) is 0.500. The second kappa shape index (κ2) is 6.55. The third-order valence-corrected chi connectivity index (χ3v) is 4.78. The summed E-state index contributed by atoms with van der Waals surface area (Å²) in [5.74, 6) is 0.0864. The monoisotopic (exact) mass is 344 g/mol. The first-order chi connectivity index (χ1) is 12.1. The number of benzene rings is 1. The van der Waals surface area contributed by atoms with Gasteiger partial charge in [0.25, 0.3) is 0 Å². The summed E-state index contributed by atoms with van der Waals surface area (Å²) in [6, 6.07) is 5.91. The summed E-state index contributed by atoms with van der Waals surface area (Å²) in [6.45, 7) is 0.339. The number of aliphatic hydroxyl groups excluding tert-OH is 1. The van der Waals surface area contributed by atoms with Crippen LogP contribution in [0.15, 0.2) is 30.5 Å². The Balaban J connectivity index is 1.41. The van der Waals surface area contributed by atoms with Crippen molar-refractivity contribution in [2.24, 2.45) is 0 Å². The van der Waals surface area contributed by atoms with Crippen LogP contribution in [0.1, 0.15) is 49.0 Å². The Labute approximate surface area is 145 Å². The summed E-state index contributed by atoms with van der Waals surface area (Å²) < 4.78 is 14.6. The molecule has 0 saturated heterocycles. The summed E-state index contributed by atoms with van der Waals surface area (Å²) >= 11 is 0. The van der Waals surface area contributed by atoms with Gasteiger partial charge in [-0.25, -0.2) is 9.07 Å². The van der Waals surface area contributed by atoms with Gasteiger partial charge < -0.3 is 10.0 Å². The summed E-state index contributed by atoms with van der Waals surface area (Å²) in [5.41, 5.74) is 1.56. The van der Waals surface area contributed by atoms with Gasteiger partial charge in [0.05, 0.1) is 18.3 Å². The predicted octanol–water partition coefficient (Wildman–Crippen LogP) is 2.02. The van der Waals surface area contributed by atoms with E-state index in [4.69, 9.17) is 0 Å². The Kier molecular flexibility index (Phi) is 4.25. The molecule has 1 aromatic carbocycles. The molecule has 1 N–H and O–H groups in total. The molecule has 4 rings (SSSR count). The van der Waals surface area contributed by atoms with Gasteiger partial charge in [-0.1, -0.05) is 17.3 Å². The molecule has 25 heavy (non-hydrogen) atoms. The van der Waals surface area contributed by atoms with Gasteiger partial charge in [0.15, 0.2) is 0 Å². The molecule has 1 atom stereocenters. The molecule has 2 aromatic rings. The van der Waals surface area contributed by atoms with Crippen molar-refractivity contribution in [3.05, 3.63) is 47.5 Å². The molecule has 2 aliphatic rings. The maximum Gasteiger partial charge on any atom is 0.244 e. The van der Waals surface area contributed by atoms with E-state index in [1.54, 1.807) is 21.7 Å². The molecule has 132 valence electrons. The number of hydrogen-bond acceptors (Lipinski definition) is 4. The highest BCUT2D eigenvalue weighted by Crippen LogP contribution is 2.38. The number of rotatable bonds is 7. The second-order valence-corrected chi connectivity index (χ2v) is 6.96. The minimum absolute atomic E-state index is 0.0732. The van der Waals surface area contributed by atoms with E-state index < -0.39 is 6.10 Å². The van der Waals surface area contributed by atoms with E-state index >= 15 is 0 Å². The number of amides is 1. The predicted molar refractivity (Wildman–Crippen MR) is 88.1 cm³/mol. The molecule has 1 aromatic heterocycles. The first-order valence-corrected chi connectivity index (χ1v) is 8.73. The van der Waals surface area contributed by atoms with Gasteiger partial charge >= 0.3 is 0 Å². The molecule has 0 spiro atoms. The lowest BCUT2D eigenvalue weighted by molar-refractivity contribution is -0.134. The highest BCUT2D eigenvalue weighted by atomic mass is 19.1. The number of carbonyl (C=O) groups excluding carboxylic acids is 1. The van der Waals surface area contributed by atoms with Crippen LogP contribution in [0.2, 0.25) is 0 Å². The average Bonchev–Trinajstić information content (AvgIpc) is 3.52. The van der Waals surface area contributed by atoms with E-state index in [-0.39, 0.29) is 30.9 Å². The summed E-state index contributed by atoms with van der Waals surface area (Å²) in [7, 11) is 0. The molecule has 1 heterocycles. The Morgan fingerprint density at radius 1 is 1.28 bits per heavy atom. The van der Waals surface area contributed by atoms with E-state index in [0.29, 0.717) is 11.5 Å². The lowest BCUT2D eigenvalue weighted by Gasteiger charge is -2.25. The lowest BCUT2D eigenvalue weighted by Crippen LogP contribution is -2.38. The first-order valence-electron chi connectivity index (χ1n) is 8.73. The summed E-state index contributed by atoms with van der Waals surface area (Å²) in [5, 5.41) is 18.6. The third-order valence-electron chi connectivity index (χ3n) is 4.78. The molecule has 2 fully saturated rings. The minimum Gasteiger partial charge on any atom is -0.387 e. The Morgan fingerprint density at radius 2 is 2.00 bits per heavy atom. The quantitative estimate of drug-likeness (QED) is 0.834. The van der Waals surface area contributed by atoms with Crippen LogP contribution in [-0.4, -0.2) is 43.5 Å². The molecule has 1 unspecified atom stereocenters. The van der Waals surface area contributed by atoms with Crippen LogP contribution in [-0.2, 0) is 11.3 Å². The number of nitrogens with zero attached hydrogens (tertiary/aromatic N) is 4. The Bertz CT molecular complexity index is 753. The molecule has 1 amide bonds. The fourth-order valence-corrected chi connectivity index (χ4v) is 3.00. The summed E-state index contributed by atoms with van der Waals surface area (Å²) in [6.07, 6.45) is 5.20. The molecule has 6 nitrogen and oxygen atoms in total. The van der Waals surface area contributed by atoms with Gasteiger partial charge in [0, 0.05) is 18.2 Å². The van der Waals surface area contributed by atoms with Gasteiger partial charge in [-0.3, -0.25) is 4.79 Å². The maximum atomic E-state index is 13.0. The van der Waals surface area contributed by atoms with Crippen molar-refractivity contribution in [2.75, 3.05) is 6.54 Å². The van der Waals surface area contributed by atoms with E-state index in [2.05, 4.69) is 10.3 Å². The second-order valence-electron chi connectivity index (χ2n) is 6.96. The smallest absolute Gasteiger partial charge is 0.244 e. The molecular formula is C18H21FN4O2. The molecule has 2 aliphatic carbocycles. The first kappa shape index (κ1) is 16.2. The number of hydrogen-bond donors (Lipinski definition) is 1. The van der Waals surface area contributed by atoms with Gasteiger partial charge in [-0.2, -0.15) is 0 Å². The van der Waals surface area contributed by atoms with E-state index in [9.17, 15) is 14.3 Å². The third kappa shape index (κ3) is 3.87. The molecule has 0 radical (unpaired) electrons. The average molecular weight is 344 g/mol. The van der Waals surface area contributed by atoms with Crippen molar-refractivity contribution in [3.63, 3.8) is 0 Å². The van der Waals surface area contributed by atoms with Crippen molar-refractivity contribution >= 4 is 5.91 Å². The molecule has 2 saturated carbocycles. The topological polar surface area (TPSA) is 71.2 Å². The molecular weight excluding hydrogens is 323 g/mol. The lowest BCUT2D eigenvalue weighted by atomic mass is 10.1. The van der Waals surface area contributed by atoms with Crippen molar-refractivity contribution < 1.29 is 14.3 Å².